The molecule has 0 aliphatic rings. The molecule has 2 nitrogen and oxygen atoms in total. The number of rotatable bonds is 2. The summed E-state index contributed by atoms with van der Waals surface area (Å²) in [5.74, 6) is 0. The van der Waals surface area contributed by atoms with E-state index in [9.17, 15) is 0 Å². The van der Waals surface area contributed by atoms with Crippen molar-refractivity contribution in [1.29, 1.82) is 0 Å². The molecule has 18 heavy (non-hydrogen) atoms. The summed E-state index contributed by atoms with van der Waals surface area (Å²) in [4.78, 5) is 0.248. The van der Waals surface area contributed by atoms with Gasteiger partial charge < -0.3 is 4.52 Å². The minimum atomic E-state index is 0.248. The first-order valence-corrected chi connectivity index (χ1v) is 6.76. The van der Waals surface area contributed by atoms with Gasteiger partial charge in [0.15, 0.2) is 5.58 Å². The third kappa shape index (κ3) is 1.85. The Balaban J connectivity index is 2.25. The molecule has 1 aromatic heterocycles. The van der Waals surface area contributed by atoms with Crippen molar-refractivity contribution < 1.29 is 4.52 Å². The molecule has 1 atom stereocenters. The van der Waals surface area contributed by atoms with Crippen molar-refractivity contribution in [2.75, 3.05) is 0 Å². The van der Waals surface area contributed by atoms with Gasteiger partial charge >= 0.3 is 0 Å². The molecular weight excluding hydrogens is 290 g/mol. The van der Waals surface area contributed by atoms with Crippen LogP contribution in [-0.2, 0) is 0 Å². The van der Waals surface area contributed by atoms with Crippen LogP contribution in [0.25, 0.3) is 22.2 Å². The van der Waals surface area contributed by atoms with Crippen LogP contribution < -0.4 is 0 Å². The van der Waals surface area contributed by atoms with Crippen molar-refractivity contribution >= 4 is 26.9 Å². The predicted octanol–water partition coefficient (Wildman–Crippen LogP) is 4.95. The molecule has 3 aromatic rings. The number of hydrogen-bond acceptors (Lipinski definition) is 2. The Labute approximate surface area is 114 Å². The van der Waals surface area contributed by atoms with E-state index in [4.69, 9.17) is 4.52 Å². The average Bonchev–Trinajstić information content (AvgIpc) is 2.83. The topological polar surface area (TPSA) is 26.0 Å². The molecule has 90 valence electrons. The lowest BCUT2D eigenvalue weighted by atomic mass is 10.0. The molecule has 0 aliphatic carbocycles. The van der Waals surface area contributed by atoms with Gasteiger partial charge in [0.25, 0.3) is 0 Å². The highest BCUT2D eigenvalue weighted by Crippen LogP contribution is 2.34. The van der Waals surface area contributed by atoms with Crippen LogP contribution in [0.15, 0.2) is 53.1 Å². The quantitative estimate of drug-likeness (QED) is 0.626. The number of fused-ring (bicyclic) bond motifs is 1. The molecule has 2 aromatic carbocycles. The van der Waals surface area contributed by atoms with Crippen molar-refractivity contribution in [1.82, 2.24) is 5.16 Å². The molecular formula is C15H12BrNO. The van der Waals surface area contributed by atoms with Crippen molar-refractivity contribution in [3.8, 4) is 11.3 Å². The molecule has 0 N–H and O–H groups in total. The minimum Gasteiger partial charge on any atom is -0.355 e. The maximum absolute atomic E-state index is 5.52. The summed E-state index contributed by atoms with van der Waals surface area (Å²) in [6.07, 6.45) is 0. The van der Waals surface area contributed by atoms with Gasteiger partial charge in [-0.15, -0.1) is 0 Å². The predicted molar refractivity (Wildman–Crippen MR) is 76.8 cm³/mol. The van der Waals surface area contributed by atoms with Gasteiger partial charge in [-0.1, -0.05) is 63.6 Å². The van der Waals surface area contributed by atoms with Gasteiger partial charge in [0.2, 0.25) is 0 Å². The Hall–Kier alpha value is -1.61. The molecule has 0 amide bonds. The average molecular weight is 302 g/mol. The lowest BCUT2D eigenvalue weighted by Crippen LogP contribution is -1.84. The monoisotopic (exact) mass is 301 g/mol. The number of nitrogens with zero attached hydrogens (tertiary/aromatic N) is 1. The maximum atomic E-state index is 5.52. The number of aromatic nitrogens is 1. The zero-order valence-corrected chi connectivity index (χ0v) is 11.5. The van der Waals surface area contributed by atoms with Gasteiger partial charge in [0, 0.05) is 16.0 Å². The fourth-order valence-corrected chi connectivity index (χ4v) is 2.46. The van der Waals surface area contributed by atoms with Crippen molar-refractivity contribution in [2.24, 2.45) is 0 Å². The van der Waals surface area contributed by atoms with E-state index in [2.05, 4.69) is 34.1 Å². The zero-order chi connectivity index (χ0) is 12.5. The van der Waals surface area contributed by atoms with Gasteiger partial charge in [-0.25, -0.2) is 0 Å². The third-order valence-electron chi connectivity index (χ3n) is 3.00. The Morgan fingerprint density at radius 3 is 2.56 bits per heavy atom. The lowest BCUT2D eigenvalue weighted by molar-refractivity contribution is 0.457. The van der Waals surface area contributed by atoms with E-state index in [0.717, 1.165) is 27.8 Å². The summed E-state index contributed by atoms with van der Waals surface area (Å²) in [6.45, 7) is 2.08. The van der Waals surface area contributed by atoms with Gasteiger partial charge in [-0.3, -0.25) is 0 Å². The van der Waals surface area contributed by atoms with Crippen LogP contribution in [0.2, 0.25) is 0 Å². The summed E-state index contributed by atoms with van der Waals surface area (Å²) in [7, 11) is 0. The van der Waals surface area contributed by atoms with Gasteiger partial charge in [0.05, 0.1) is 5.39 Å². The third-order valence-corrected chi connectivity index (χ3v) is 3.50. The standard InChI is InChI=1S/C15H12BrNO/c1-10(16)12-8-5-9-13-14(17-18-15(12)13)11-6-3-2-4-7-11/h2-10H,1H3/t10-/m0/s1. The molecule has 0 saturated carbocycles. The second-order valence-corrected chi connectivity index (χ2v) is 5.61. The van der Waals surface area contributed by atoms with Crippen LogP contribution in [0.1, 0.15) is 17.3 Å². The lowest BCUT2D eigenvalue weighted by Gasteiger charge is -2.02. The summed E-state index contributed by atoms with van der Waals surface area (Å²) in [5, 5.41) is 5.27. The smallest absolute Gasteiger partial charge is 0.171 e. The summed E-state index contributed by atoms with van der Waals surface area (Å²) in [6, 6.07) is 16.2. The van der Waals surface area contributed by atoms with Crippen LogP contribution >= 0.6 is 15.9 Å². The number of alkyl halides is 1. The van der Waals surface area contributed by atoms with Crippen LogP contribution in [-0.4, -0.2) is 5.16 Å². The Morgan fingerprint density at radius 2 is 1.83 bits per heavy atom. The van der Waals surface area contributed by atoms with E-state index in [1.54, 1.807) is 0 Å². The molecule has 0 aliphatic heterocycles. The van der Waals surface area contributed by atoms with E-state index >= 15 is 0 Å². The first kappa shape index (κ1) is 11.5. The molecule has 0 fully saturated rings. The Morgan fingerprint density at radius 1 is 1.06 bits per heavy atom. The number of halogens is 1. The van der Waals surface area contributed by atoms with Gasteiger partial charge in [0.1, 0.15) is 5.69 Å². The van der Waals surface area contributed by atoms with Crippen molar-refractivity contribution in [3.05, 3.63) is 54.1 Å². The molecule has 3 heteroatoms. The first-order chi connectivity index (χ1) is 8.77. The molecule has 0 spiro atoms. The zero-order valence-electron chi connectivity index (χ0n) is 9.93. The first-order valence-electron chi connectivity index (χ1n) is 5.85. The highest BCUT2D eigenvalue weighted by molar-refractivity contribution is 9.09. The van der Waals surface area contributed by atoms with Gasteiger partial charge in [-0.2, -0.15) is 0 Å². The number of para-hydroxylation sites is 1. The maximum Gasteiger partial charge on any atom is 0.171 e. The van der Waals surface area contributed by atoms with E-state index in [-0.39, 0.29) is 4.83 Å². The fourth-order valence-electron chi connectivity index (χ4n) is 2.10. The summed E-state index contributed by atoms with van der Waals surface area (Å²) >= 11 is 3.58. The molecule has 0 saturated heterocycles. The van der Waals surface area contributed by atoms with Crippen LogP contribution in [0.3, 0.4) is 0 Å². The minimum absolute atomic E-state index is 0.248. The van der Waals surface area contributed by atoms with E-state index < -0.39 is 0 Å². The van der Waals surface area contributed by atoms with Crippen LogP contribution in [0, 0.1) is 0 Å². The van der Waals surface area contributed by atoms with Crippen molar-refractivity contribution in [2.45, 2.75) is 11.8 Å². The Bertz CT molecular complexity index is 673. The number of hydrogen-bond donors (Lipinski definition) is 0. The highest BCUT2D eigenvalue weighted by atomic mass is 79.9. The number of benzene rings is 2. The second-order valence-electron chi connectivity index (χ2n) is 4.24. The second kappa shape index (κ2) is 4.58. The summed E-state index contributed by atoms with van der Waals surface area (Å²) in [5.41, 5.74) is 3.97. The van der Waals surface area contributed by atoms with Crippen LogP contribution in [0.5, 0.6) is 0 Å². The van der Waals surface area contributed by atoms with Crippen molar-refractivity contribution in [3.63, 3.8) is 0 Å². The largest absolute Gasteiger partial charge is 0.355 e. The van der Waals surface area contributed by atoms with E-state index in [1.165, 1.54) is 0 Å². The van der Waals surface area contributed by atoms with E-state index in [1.807, 2.05) is 42.5 Å². The molecule has 3 rings (SSSR count). The molecule has 0 radical (unpaired) electrons. The summed E-state index contributed by atoms with van der Waals surface area (Å²) < 4.78 is 5.52. The van der Waals surface area contributed by atoms with Crippen LogP contribution in [0.4, 0.5) is 0 Å². The SMILES string of the molecule is C[C@H](Br)c1cccc2c(-c3ccccc3)noc12. The van der Waals surface area contributed by atoms with E-state index in [0.29, 0.717) is 0 Å². The molecule has 0 bridgehead atoms. The molecule has 0 unspecified atom stereocenters. The molecule has 1 heterocycles. The fraction of sp³-hybridized carbons (Fsp3) is 0.133. The normalized spacial score (nSPS) is 12.8. The highest BCUT2D eigenvalue weighted by Gasteiger charge is 2.15. The van der Waals surface area contributed by atoms with Gasteiger partial charge in [-0.05, 0) is 13.0 Å². The Kier molecular flexibility index (Phi) is 2.92.